The van der Waals surface area contributed by atoms with Crippen LogP contribution in [0, 0.1) is 0 Å². The first kappa shape index (κ1) is 22.2. The SMILES string of the molecule is Nc1c(CC[S+]=O)nc(N2CCC(c3ccc(Cl)cc3)CC2)nc1NC1(CO)CCC1. The Hall–Kier alpha value is -2.03. The number of aliphatic hydroxyl groups excluding tert-OH is 1. The lowest BCUT2D eigenvalue weighted by Gasteiger charge is -2.42. The van der Waals surface area contributed by atoms with E-state index >= 15 is 0 Å². The Bertz CT molecular complexity index is 909. The summed E-state index contributed by atoms with van der Waals surface area (Å²) in [6.45, 7) is 1.74. The van der Waals surface area contributed by atoms with Crippen molar-refractivity contribution < 1.29 is 9.32 Å². The molecule has 31 heavy (non-hydrogen) atoms. The summed E-state index contributed by atoms with van der Waals surface area (Å²) in [4.78, 5) is 11.7. The molecule has 2 fully saturated rings. The van der Waals surface area contributed by atoms with E-state index in [-0.39, 0.29) is 12.1 Å². The van der Waals surface area contributed by atoms with E-state index in [0.717, 1.165) is 50.2 Å². The molecule has 1 aromatic carbocycles. The van der Waals surface area contributed by atoms with E-state index in [1.54, 1.807) is 0 Å². The van der Waals surface area contributed by atoms with Crippen molar-refractivity contribution in [3.63, 3.8) is 0 Å². The second-order valence-corrected chi connectivity index (χ2v) is 9.61. The first-order chi connectivity index (χ1) is 15.0. The third-order valence-corrected chi connectivity index (χ3v) is 7.17. The molecule has 1 saturated heterocycles. The minimum atomic E-state index is -0.355. The maximum Gasteiger partial charge on any atom is 0.459 e. The summed E-state index contributed by atoms with van der Waals surface area (Å²) < 4.78 is 11.0. The Morgan fingerprint density at radius 2 is 1.94 bits per heavy atom. The molecule has 7 nitrogen and oxygen atoms in total. The van der Waals surface area contributed by atoms with Crippen LogP contribution in [-0.2, 0) is 22.3 Å². The Labute approximate surface area is 191 Å². The summed E-state index contributed by atoms with van der Waals surface area (Å²) in [5.74, 6) is 2.11. The Morgan fingerprint density at radius 3 is 2.52 bits per heavy atom. The Kier molecular flexibility index (Phi) is 6.89. The molecule has 1 aliphatic heterocycles. The average Bonchev–Trinajstić information content (AvgIpc) is 2.77. The third kappa shape index (κ3) is 4.91. The minimum absolute atomic E-state index is 0.0456. The highest BCUT2D eigenvalue weighted by atomic mass is 35.5. The smallest absolute Gasteiger partial charge is 0.394 e. The molecular formula is C22H29ClN5O2S+. The lowest BCUT2D eigenvalue weighted by atomic mass is 9.77. The van der Waals surface area contributed by atoms with Crippen LogP contribution in [-0.4, -0.2) is 46.1 Å². The zero-order chi connectivity index (χ0) is 21.8. The van der Waals surface area contributed by atoms with E-state index < -0.39 is 0 Å². The number of hydrogen-bond acceptors (Lipinski definition) is 7. The van der Waals surface area contributed by atoms with Gasteiger partial charge in [0.25, 0.3) is 0 Å². The fourth-order valence-corrected chi connectivity index (χ4v) is 4.80. The number of nitrogens with two attached hydrogens (primary N) is 1. The lowest BCUT2D eigenvalue weighted by Crippen LogP contribution is -2.48. The molecule has 2 aromatic rings. The monoisotopic (exact) mass is 462 g/mol. The number of anilines is 3. The van der Waals surface area contributed by atoms with Crippen molar-refractivity contribution in [2.45, 2.75) is 50.0 Å². The molecule has 1 aliphatic carbocycles. The maximum atomic E-state index is 11.0. The zero-order valence-electron chi connectivity index (χ0n) is 17.5. The third-order valence-electron chi connectivity index (χ3n) is 6.55. The van der Waals surface area contributed by atoms with Crippen molar-refractivity contribution in [2.75, 3.05) is 41.4 Å². The van der Waals surface area contributed by atoms with Crippen molar-refractivity contribution in [2.24, 2.45) is 0 Å². The molecule has 1 aromatic heterocycles. The number of aryl methyl sites for hydroxylation is 1. The molecule has 2 aliphatic rings. The molecule has 0 spiro atoms. The average molecular weight is 463 g/mol. The predicted octanol–water partition coefficient (Wildman–Crippen LogP) is 3.39. The standard InChI is InChI=1S/C22H29ClN5O2S/c23-17-4-2-15(3-5-17)16-6-11-28(12-7-16)21-25-18(8-13-31-30)19(24)20(26-21)27-22(14-29)9-1-10-22/h2-5,16,29H,1,6-14,24H2,(H,25,26,27)/q+1. The predicted molar refractivity (Wildman–Crippen MR) is 126 cm³/mol. The summed E-state index contributed by atoms with van der Waals surface area (Å²) in [5.41, 5.74) is 8.50. The summed E-state index contributed by atoms with van der Waals surface area (Å²) in [6, 6.07) is 8.11. The van der Waals surface area contributed by atoms with Gasteiger partial charge in [0.15, 0.2) is 5.82 Å². The minimum Gasteiger partial charge on any atom is -0.394 e. The zero-order valence-corrected chi connectivity index (χ0v) is 19.1. The van der Waals surface area contributed by atoms with Crippen molar-refractivity contribution in [3.8, 4) is 0 Å². The van der Waals surface area contributed by atoms with Gasteiger partial charge in [-0.1, -0.05) is 23.7 Å². The van der Waals surface area contributed by atoms with Crippen LogP contribution in [0.15, 0.2) is 24.3 Å². The number of nitrogen functional groups attached to an aromatic ring is 1. The number of aromatic nitrogens is 2. The van der Waals surface area contributed by atoms with Crippen LogP contribution in [0.25, 0.3) is 0 Å². The molecule has 4 rings (SSSR count). The fourth-order valence-electron chi connectivity index (χ4n) is 4.39. The molecular weight excluding hydrogens is 434 g/mol. The number of rotatable bonds is 8. The van der Waals surface area contributed by atoms with Crippen LogP contribution in [0.1, 0.15) is 49.3 Å². The molecule has 4 N–H and O–H groups in total. The number of piperidine rings is 1. The summed E-state index contributed by atoms with van der Waals surface area (Å²) in [6.07, 6.45) is 5.36. The van der Waals surface area contributed by atoms with Gasteiger partial charge in [-0.2, -0.15) is 4.98 Å². The number of nitrogens with zero attached hydrogens (tertiary/aromatic N) is 3. The van der Waals surface area contributed by atoms with Crippen molar-refractivity contribution in [1.29, 1.82) is 0 Å². The molecule has 0 amide bonds. The van der Waals surface area contributed by atoms with Gasteiger partial charge in [0.1, 0.15) is 0 Å². The van der Waals surface area contributed by atoms with Crippen LogP contribution >= 0.6 is 11.6 Å². The van der Waals surface area contributed by atoms with E-state index in [1.165, 1.54) is 5.56 Å². The molecule has 0 unspecified atom stereocenters. The first-order valence-electron chi connectivity index (χ1n) is 10.8. The van der Waals surface area contributed by atoms with Gasteiger partial charge in [0, 0.05) is 22.3 Å². The summed E-state index contributed by atoms with van der Waals surface area (Å²) >= 11 is 6.56. The Balaban J connectivity index is 1.53. The van der Waals surface area contributed by atoms with Crippen LogP contribution < -0.4 is 16.0 Å². The van der Waals surface area contributed by atoms with Crippen molar-refractivity contribution in [1.82, 2.24) is 9.97 Å². The van der Waals surface area contributed by atoms with Crippen LogP contribution in [0.3, 0.4) is 0 Å². The molecule has 1 saturated carbocycles. The van der Waals surface area contributed by atoms with Gasteiger partial charge in [-0.25, -0.2) is 4.98 Å². The largest absolute Gasteiger partial charge is 0.459 e. The second kappa shape index (κ2) is 9.63. The number of aliphatic hydroxyl groups is 1. The van der Waals surface area contributed by atoms with Crippen LogP contribution in [0.2, 0.25) is 5.02 Å². The van der Waals surface area contributed by atoms with Gasteiger partial charge < -0.3 is 21.1 Å². The van der Waals surface area contributed by atoms with E-state index in [0.29, 0.717) is 52.9 Å². The number of halogens is 1. The number of nitrogens with one attached hydrogen (secondary N) is 1. The van der Waals surface area contributed by atoms with Gasteiger partial charge in [0.05, 0.1) is 29.9 Å². The number of benzene rings is 1. The van der Waals surface area contributed by atoms with E-state index in [1.807, 2.05) is 12.1 Å². The highest BCUT2D eigenvalue weighted by Crippen LogP contribution is 2.37. The van der Waals surface area contributed by atoms with Gasteiger partial charge >= 0.3 is 11.7 Å². The van der Waals surface area contributed by atoms with Crippen molar-refractivity contribution in [3.05, 3.63) is 40.5 Å². The summed E-state index contributed by atoms with van der Waals surface area (Å²) in [7, 11) is 0. The van der Waals surface area contributed by atoms with Gasteiger partial charge in [-0.15, -0.1) is 0 Å². The molecule has 2 heterocycles. The molecule has 0 radical (unpaired) electrons. The topological polar surface area (TPSA) is 104 Å². The highest BCUT2D eigenvalue weighted by Gasteiger charge is 2.37. The first-order valence-corrected chi connectivity index (χ1v) is 12.1. The summed E-state index contributed by atoms with van der Waals surface area (Å²) in [5, 5.41) is 14.0. The van der Waals surface area contributed by atoms with E-state index in [9.17, 15) is 9.32 Å². The van der Waals surface area contributed by atoms with Gasteiger partial charge in [-0.05, 0) is 55.7 Å². The van der Waals surface area contributed by atoms with Gasteiger partial charge in [-0.3, -0.25) is 0 Å². The van der Waals surface area contributed by atoms with Crippen LogP contribution in [0.4, 0.5) is 17.5 Å². The quantitative estimate of drug-likeness (QED) is 0.516. The van der Waals surface area contributed by atoms with Gasteiger partial charge in [0.2, 0.25) is 11.7 Å². The lowest BCUT2D eigenvalue weighted by molar-refractivity contribution is 0.144. The Morgan fingerprint density at radius 1 is 1.23 bits per heavy atom. The van der Waals surface area contributed by atoms with Crippen LogP contribution in [0.5, 0.6) is 0 Å². The highest BCUT2D eigenvalue weighted by molar-refractivity contribution is 7.65. The molecule has 9 heteroatoms. The maximum absolute atomic E-state index is 11.0. The second-order valence-electron chi connectivity index (χ2n) is 8.53. The molecule has 0 atom stereocenters. The normalized spacial score (nSPS) is 18.5. The van der Waals surface area contributed by atoms with Crippen molar-refractivity contribution >= 4 is 40.7 Å². The molecule has 166 valence electrons. The van der Waals surface area contributed by atoms with E-state index in [4.69, 9.17) is 27.3 Å². The fraction of sp³-hybridized carbons (Fsp3) is 0.545. The molecule has 0 bridgehead atoms. The number of hydrogen-bond donors (Lipinski definition) is 3. The van der Waals surface area contributed by atoms with E-state index in [2.05, 4.69) is 22.3 Å².